The third-order valence-corrected chi connectivity index (χ3v) is 2.98. The van der Waals surface area contributed by atoms with E-state index in [4.69, 9.17) is 5.11 Å². The molecule has 1 aromatic heterocycles. The van der Waals surface area contributed by atoms with Gasteiger partial charge in [0.2, 0.25) is 0 Å². The quantitative estimate of drug-likeness (QED) is 0.438. The van der Waals surface area contributed by atoms with Crippen LogP contribution in [-0.4, -0.2) is 28.1 Å². The van der Waals surface area contributed by atoms with Crippen molar-refractivity contribution in [2.45, 2.75) is 12.8 Å². The Balaban J connectivity index is 2.74. The number of nitro groups is 2. The zero-order valence-electron chi connectivity index (χ0n) is 8.79. The lowest BCUT2D eigenvalue weighted by Gasteiger charge is -2.01. The van der Waals surface area contributed by atoms with Crippen LogP contribution in [0.1, 0.15) is 12.8 Å². The second-order valence-electron chi connectivity index (χ2n) is 3.17. The van der Waals surface area contributed by atoms with Gasteiger partial charge in [-0.2, -0.15) is 0 Å². The van der Waals surface area contributed by atoms with E-state index >= 15 is 0 Å². The maximum absolute atomic E-state index is 10.7. The van der Waals surface area contributed by atoms with Gasteiger partial charge in [-0.3, -0.25) is 20.2 Å². The average molecular weight is 261 g/mol. The highest BCUT2D eigenvalue weighted by atomic mass is 32.1. The van der Waals surface area contributed by atoms with Gasteiger partial charge in [-0.25, -0.2) is 0 Å². The van der Waals surface area contributed by atoms with Gasteiger partial charge < -0.3 is 10.4 Å². The first kappa shape index (κ1) is 13.3. The van der Waals surface area contributed by atoms with Crippen LogP contribution in [0.3, 0.4) is 0 Å². The molecule has 0 amide bonds. The van der Waals surface area contributed by atoms with Gasteiger partial charge >= 0.3 is 10.7 Å². The van der Waals surface area contributed by atoms with E-state index in [9.17, 15) is 20.2 Å². The van der Waals surface area contributed by atoms with Crippen LogP contribution in [0, 0.1) is 20.2 Å². The Morgan fingerprint density at radius 1 is 1.29 bits per heavy atom. The smallest absolute Gasteiger partial charge is 0.333 e. The van der Waals surface area contributed by atoms with E-state index in [1.165, 1.54) is 0 Å². The summed E-state index contributed by atoms with van der Waals surface area (Å²) in [6.45, 7) is 0.480. The van der Waals surface area contributed by atoms with Gasteiger partial charge in [-0.05, 0) is 24.2 Å². The minimum atomic E-state index is -0.656. The number of rotatable bonds is 7. The lowest BCUT2D eigenvalue weighted by Crippen LogP contribution is -2.02. The summed E-state index contributed by atoms with van der Waals surface area (Å²) < 4.78 is 0. The fraction of sp³-hybridized carbons (Fsp3) is 0.500. The minimum absolute atomic E-state index is 0.0500. The number of hydrogen-bond donors (Lipinski definition) is 2. The molecule has 0 aliphatic heterocycles. The van der Waals surface area contributed by atoms with Crippen LogP contribution in [0.5, 0.6) is 0 Å². The van der Waals surface area contributed by atoms with E-state index in [0.717, 1.165) is 17.4 Å². The molecule has 8 nitrogen and oxygen atoms in total. The van der Waals surface area contributed by atoms with Gasteiger partial charge in [0.25, 0.3) is 0 Å². The van der Waals surface area contributed by atoms with Crippen molar-refractivity contribution < 1.29 is 15.0 Å². The number of aliphatic hydroxyl groups excluding tert-OH is 1. The Bertz CT molecular complexity index is 419. The molecular weight excluding hydrogens is 250 g/mol. The summed E-state index contributed by atoms with van der Waals surface area (Å²) in [5.41, 5.74) is -0.286. The lowest BCUT2D eigenvalue weighted by molar-refractivity contribution is -0.389. The zero-order valence-corrected chi connectivity index (χ0v) is 9.61. The Morgan fingerprint density at radius 3 is 2.53 bits per heavy atom. The molecular formula is C8H11N3O5S. The predicted octanol–water partition coefficient (Wildman–Crippen LogP) is 1.75. The number of unbranched alkanes of at least 4 members (excludes halogenated alkanes) is 1. The molecule has 17 heavy (non-hydrogen) atoms. The van der Waals surface area contributed by atoms with E-state index < -0.39 is 9.85 Å². The first-order chi connectivity index (χ1) is 8.06. The molecule has 0 saturated heterocycles. The van der Waals surface area contributed by atoms with E-state index in [2.05, 4.69) is 5.32 Å². The molecule has 0 saturated carbocycles. The summed E-state index contributed by atoms with van der Waals surface area (Å²) in [4.78, 5) is 19.8. The maximum Gasteiger partial charge on any atom is 0.333 e. The van der Waals surface area contributed by atoms with E-state index in [1.807, 2.05) is 0 Å². The lowest BCUT2D eigenvalue weighted by atomic mass is 10.3. The van der Waals surface area contributed by atoms with Crippen molar-refractivity contribution in [2.75, 3.05) is 18.5 Å². The number of thiophene rings is 1. The topological polar surface area (TPSA) is 119 Å². The van der Waals surface area contributed by atoms with Gasteiger partial charge in [0, 0.05) is 13.2 Å². The van der Waals surface area contributed by atoms with Gasteiger partial charge in [-0.1, -0.05) is 0 Å². The molecule has 0 radical (unpaired) electrons. The predicted molar refractivity (Wildman–Crippen MR) is 62.4 cm³/mol. The van der Waals surface area contributed by atoms with Crippen LogP contribution in [0.25, 0.3) is 0 Å². The molecule has 0 fully saturated rings. The first-order valence-corrected chi connectivity index (χ1v) is 5.65. The van der Waals surface area contributed by atoms with Crippen molar-refractivity contribution >= 4 is 27.0 Å². The van der Waals surface area contributed by atoms with Gasteiger partial charge in [0.1, 0.15) is 6.07 Å². The average Bonchev–Trinajstić information content (AvgIpc) is 2.68. The second-order valence-corrected chi connectivity index (χ2v) is 4.20. The van der Waals surface area contributed by atoms with Crippen molar-refractivity contribution in [2.24, 2.45) is 0 Å². The fourth-order valence-corrected chi connectivity index (χ4v) is 2.03. The molecule has 1 aromatic rings. The van der Waals surface area contributed by atoms with Gasteiger partial charge in [0.15, 0.2) is 5.00 Å². The maximum atomic E-state index is 10.7. The van der Waals surface area contributed by atoms with E-state index in [-0.39, 0.29) is 22.3 Å². The number of anilines is 1. The number of nitrogens with one attached hydrogen (secondary N) is 1. The van der Waals surface area contributed by atoms with Crippen LogP contribution >= 0.6 is 11.3 Å². The number of hydrogen-bond acceptors (Lipinski definition) is 7. The molecule has 1 heterocycles. The Kier molecular flexibility index (Phi) is 4.79. The Labute approximate surface area is 100 Å². The molecule has 9 heteroatoms. The third kappa shape index (κ3) is 3.64. The molecule has 94 valence electrons. The van der Waals surface area contributed by atoms with Crippen molar-refractivity contribution in [3.05, 3.63) is 26.3 Å². The summed E-state index contributed by atoms with van der Waals surface area (Å²) in [7, 11) is 0. The molecule has 0 atom stereocenters. The van der Waals surface area contributed by atoms with Crippen LogP contribution in [0.4, 0.5) is 15.7 Å². The molecule has 0 unspecified atom stereocenters. The fourth-order valence-electron chi connectivity index (χ4n) is 1.16. The van der Waals surface area contributed by atoms with Crippen LogP contribution in [-0.2, 0) is 0 Å². The Hall–Kier alpha value is -1.74. The SMILES string of the molecule is O=[N+]([O-])c1cc([N+](=O)[O-])c(NCCCCO)s1. The minimum Gasteiger partial charge on any atom is -0.396 e. The molecule has 2 N–H and O–H groups in total. The van der Waals surface area contributed by atoms with Crippen molar-refractivity contribution in [3.63, 3.8) is 0 Å². The normalized spacial score (nSPS) is 10.2. The zero-order chi connectivity index (χ0) is 12.8. The first-order valence-electron chi connectivity index (χ1n) is 4.83. The monoisotopic (exact) mass is 261 g/mol. The molecule has 0 spiro atoms. The third-order valence-electron chi connectivity index (χ3n) is 1.95. The molecule has 0 aliphatic carbocycles. The highest BCUT2D eigenvalue weighted by Gasteiger charge is 2.24. The number of nitrogens with zero attached hydrogens (tertiary/aromatic N) is 2. The molecule has 0 bridgehead atoms. The van der Waals surface area contributed by atoms with Crippen LogP contribution in [0.2, 0.25) is 0 Å². The van der Waals surface area contributed by atoms with Crippen molar-refractivity contribution in [3.8, 4) is 0 Å². The summed E-state index contributed by atoms with van der Waals surface area (Å²) in [5.74, 6) is 0. The molecule has 1 rings (SSSR count). The largest absolute Gasteiger partial charge is 0.396 e. The summed E-state index contributed by atoms with van der Waals surface area (Å²) in [6.07, 6.45) is 1.22. The second kappa shape index (κ2) is 6.11. The summed E-state index contributed by atoms with van der Waals surface area (Å²) >= 11 is 0.740. The van der Waals surface area contributed by atoms with Gasteiger partial charge in [0.05, 0.1) is 9.85 Å². The standard InChI is InChI=1S/C8H11N3O5S/c12-4-2-1-3-9-8-6(10(13)14)5-7(17-8)11(15)16/h5,9,12H,1-4H2. The van der Waals surface area contributed by atoms with Gasteiger partial charge in [-0.15, -0.1) is 0 Å². The number of aliphatic hydroxyl groups is 1. The highest BCUT2D eigenvalue weighted by Crippen LogP contribution is 2.38. The molecule has 0 aliphatic rings. The van der Waals surface area contributed by atoms with Crippen molar-refractivity contribution in [1.29, 1.82) is 0 Å². The molecule has 0 aromatic carbocycles. The van der Waals surface area contributed by atoms with Crippen LogP contribution < -0.4 is 5.32 Å². The van der Waals surface area contributed by atoms with Crippen molar-refractivity contribution in [1.82, 2.24) is 0 Å². The van der Waals surface area contributed by atoms with E-state index in [1.54, 1.807) is 0 Å². The highest BCUT2D eigenvalue weighted by molar-refractivity contribution is 7.19. The van der Waals surface area contributed by atoms with E-state index in [0.29, 0.717) is 19.4 Å². The Morgan fingerprint density at radius 2 is 2.00 bits per heavy atom. The summed E-state index contributed by atoms with van der Waals surface area (Å²) in [6, 6.07) is 0.943. The van der Waals surface area contributed by atoms with Crippen LogP contribution in [0.15, 0.2) is 6.07 Å². The summed E-state index contributed by atoms with van der Waals surface area (Å²) in [5, 5.41) is 32.4.